The van der Waals surface area contributed by atoms with Crippen molar-refractivity contribution in [1.82, 2.24) is 5.32 Å². The molecule has 0 bridgehead atoms. The van der Waals surface area contributed by atoms with E-state index in [1.165, 1.54) is 24.3 Å². The van der Waals surface area contributed by atoms with E-state index in [9.17, 15) is 13.6 Å². The van der Waals surface area contributed by atoms with Gasteiger partial charge in [-0.15, -0.1) is 11.6 Å². The largest absolute Gasteiger partial charge is 0.435 e. The summed E-state index contributed by atoms with van der Waals surface area (Å²) in [6, 6.07) is 5.58. The molecule has 1 atom stereocenters. The first kappa shape index (κ1) is 14.7. The van der Waals surface area contributed by atoms with Gasteiger partial charge in [-0.1, -0.05) is 6.07 Å². The summed E-state index contributed by atoms with van der Waals surface area (Å²) < 4.78 is 28.3. The lowest BCUT2D eigenvalue weighted by Gasteiger charge is -2.13. The lowest BCUT2D eigenvalue weighted by molar-refractivity contribution is -0.0498. The first-order chi connectivity index (χ1) is 8.52. The highest BCUT2D eigenvalue weighted by Crippen LogP contribution is 2.16. The predicted molar refractivity (Wildman–Crippen MR) is 65.3 cm³/mol. The quantitative estimate of drug-likeness (QED) is 0.812. The SMILES string of the molecule is CC(CCCl)NC(=O)c1cccc(OC(F)F)c1. The second-order valence-corrected chi connectivity index (χ2v) is 4.14. The van der Waals surface area contributed by atoms with Crippen LogP contribution < -0.4 is 10.1 Å². The number of nitrogens with one attached hydrogen (secondary N) is 1. The number of hydrogen-bond acceptors (Lipinski definition) is 2. The topological polar surface area (TPSA) is 38.3 Å². The van der Waals surface area contributed by atoms with Crippen LogP contribution in [0.5, 0.6) is 5.75 Å². The van der Waals surface area contributed by atoms with Crippen molar-refractivity contribution in [2.75, 3.05) is 5.88 Å². The van der Waals surface area contributed by atoms with Crippen LogP contribution in [-0.2, 0) is 0 Å². The Kier molecular flexibility index (Phi) is 5.85. The summed E-state index contributed by atoms with van der Waals surface area (Å²) in [5.74, 6) is 0.0608. The van der Waals surface area contributed by atoms with Crippen molar-refractivity contribution in [3.8, 4) is 5.75 Å². The van der Waals surface area contributed by atoms with Gasteiger partial charge in [0.25, 0.3) is 5.91 Å². The molecule has 0 heterocycles. The van der Waals surface area contributed by atoms with Crippen LogP contribution in [0.4, 0.5) is 8.78 Å². The van der Waals surface area contributed by atoms with Gasteiger partial charge >= 0.3 is 6.61 Å². The zero-order valence-electron chi connectivity index (χ0n) is 9.83. The maximum atomic E-state index is 12.0. The minimum atomic E-state index is -2.90. The summed E-state index contributed by atoms with van der Waals surface area (Å²) >= 11 is 5.55. The fourth-order valence-electron chi connectivity index (χ4n) is 1.36. The number of carbonyl (C=O) groups excluding carboxylic acids is 1. The third-order valence-electron chi connectivity index (χ3n) is 2.24. The molecule has 100 valence electrons. The molecule has 0 fully saturated rings. The van der Waals surface area contributed by atoms with E-state index in [2.05, 4.69) is 10.1 Å². The number of carbonyl (C=O) groups is 1. The smallest absolute Gasteiger partial charge is 0.387 e. The molecule has 1 N–H and O–H groups in total. The molecule has 0 radical (unpaired) electrons. The molecule has 0 saturated carbocycles. The predicted octanol–water partition coefficient (Wildman–Crippen LogP) is 3.04. The van der Waals surface area contributed by atoms with Gasteiger partial charge in [-0.05, 0) is 31.5 Å². The fourth-order valence-corrected chi connectivity index (χ4v) is 1.68. The van der Waals surface area contributed by atoms with Crippen LogP contribution in [0, 0.1) is 0 Å². The van der Waals surface area contributed by atoms with E-state index in [0.29, 0.717) is 12.3 Å². The molecule has 1 amide bonds. The van der Waals surface area contributed by atoms with Crippen molar-refractivity contribution < 1.29 is 18.3 Å². The number of amides is 1. The molecule has 0 spiro atoms. The van der Waals surface area contributed by atoms with Crippen LogP contribution in [0.3, 0.4) is 0 Å². The Labute approximate surface area is 109 Å². The number of benzene rings is 1. The third kappa shape index (κ3) is 4.87. The molecule has 1 aromatic carbocycles. The summed E-state index contributed by atoms with van der Waals surface area (Å²) in [4.78, 5) is 11.8. The van der Waals surface area contributed by atoms with Crippen molar-refractivity contribution in [2.24, 2.45) is 0 Å². The van der Waals surface area contributed by atoms with Crippen LogP contribution in [0.25, 0.3) is 0 Å². The van der Waals surface area contributed by atoms with Crippen molar-refractivity contribution in [3.05, 3.63) is 29.8 Å². The zero-order chi connectivity index (χ0) is 13.5. The van der Waals surface area contributed by atoms with E-state index in [4.69, 9.17) is 11.6 Å². The third-order valence-corrected chi connectivity index (χ3v) is 2.46. The first-order valence-electron chi connectivity index (χ1n) is 5.44. The van der Waals surface area contributed by atoms with Crippen LogP contribution in [0.15, 0.2) is 24.3 Å². The number of rotatable bonds is 6. The Bertz CT molecular complexity index is 401. The summed E-state index contributed by atoms with van der Waals surface area (Å²) in [5, 5.41) is 2.71. The monoisotopic (exact) mass is 277 g/mol. The van der Waals surface area contributed by atoms with Gasteiger partial charge in [-0.3, -0.25) is 4.79 Å². The van der Waals surface area contributed by atoms with Gasteiger partial charge in [0, 0.05) is 17.5 Å². The van der Waals surface area contributed by atoms with Crippen LogP contribution >= 0.6 is 11.6 Å². The summed E-state index contributed by atoms with van der Waals surface area (Å²) in [6.45, 7) is -1.08. The lowest BCUT2D eigenvalue weighted by atomic mass is 10.2. The highest BCUT2D eigenvalue weighted by Gasteiger charge is 2.11. The number of hydrogen-bond donors (Lipinski definition) is 1. The van der Waals surface area contributed by atoms with Gasteiger partial charge in [0.2, 0.25) is 0 Å². The van der Waals surface area contributed by atoms with E-state index < -0.39 is 6.61 Å². The van der Waals surface area contributed by atoms with Crippen LogP contribution in [0.2, 0.25) is 0 Å². The molecule has 6 heteroatoms. The zero-order valence-corrected chi connectivity index (χ0v) is 10.6. The standard InChI is InChI=1S/C12H14ClF2NO2/c1-8(5-6-13)16-11(17)9-3-2-4-10(7-9)18-12(14)15/h2-4,7-8,12H,5-6H2,1H3,(H,16,17). The highest BCUT2D eigenvalue weighted by atomic mass is 35.5. The molecule has 0 aromatic heterocycles. The molecule has 0 aliphatic rings. The molecule has 0 aliphatic carbocycles. The maximum absolute atomic E-state index is 12.0. The van der Waals surface area contributed by atoms with Gasteiger partial charge < -0.3 is 10.1 Å². The molecule has 1 unspecified atom stereocenters. The maximum Gasteiger partial charge on any atom is 0.387 e. The second kappa shape index (κ2) is 7.16. The van der Waals surface area contributed by atoms with Crippen LogP contribution in [0.1, 0.15) is 23.7 Å². The van der Waals surface area contributed by atoms with E-state index in [0.717, 1.165) is 0 Å². The van der Waals surface area contributed by atoms with E-state index >= 15 is 0 Å². The summed E-state index contributed by atoms with van der Waals surface area (Å²) in [7, 11) is 0. The normalized spacial score (nSPS) is 12.3. The molecule has 0 aliphatic heterocycles. The Morgan fingerprint density at radius 1 is 1.50 bits per heavy atom. The Morgan fingerprint density at radius 2 is 2.22 bits per heavy atom. The molecule has 1 aromatic rings. The second-order valence-electron chi connectivity index (χ2n) is 3.76. The molecular formula is C12H14ClF2NO2. The highest BCUT2D eigenvalue weighted by molar-refractivity contribution is 6.17. The Hall–Kier alpha value is -1.36. The molecular weight excluding hydrogens is 264 g/mol. The minimum Gasteiger partial charge on any atom is -0.435 e. The summed E-state index contributed by atoms with van der Waals surface area (Å²) in [6.07, 6.45) is 0.639. The first-order valence-corrected chi connectivity index (χ1v) is 5.98. The van der Waals surface area contributed by atoms with Crippen LogP contribution in [-0.4, -0.2) is 24.4 Å². The van der Waals surface area contributed by atoms with Crippen molar-refractivity contribution in [2.45, 2.75) is 26.0 Å². The van der Waals surface area contributed by atoms with Crippen molar-refractivity contribution >= 4 is 17.5 Å². The Balaban J connectivity index is 2.68. The average Bonchev–Trinajstić information content (AvgIpc) is 2.28. The van der Waals surface area contributed by atoms with Gasteiger partial charge in [-0.2, -0.15) is 8.78 Å². The van der Waals surface area contributed by atoms with Gasteiger partial charge in [0.15, 0.2) is 0 Å². The molecule has 0 saturated heterocycles. The van der Waals surface area contributed by atoms with E-state index in [-0.39, 0.29) is 23.3 Å². The molecule has 18 heavy (non-hydrogen) atoms. The van der Waals surface area contributed by atoms with Crippen molar-refractivity contribution in [1.29, 1.82) is 0 Å². The fraction of sp³-hybridized carbons (Fsp3) is 0.417. The molecule has 1 rings (SSSR count). The summed E-state index contributed by atoms with van der Waals surface area (Å²) in [5.41, 5.74) is 0.273. The minimum absolute atomic E-state index is 0.0392. The van der Waals surface area contributed by atoms with Gasteiger partial charge in [0.1, 0.15) is 5.75 Å². The lowest BCUT2D eigenvalue weighted by Crippen LogP contribution is -2.32. The van der Waals surface area contributed by atoms with E-state index in [1.54, 1.807) is 0 Å². The number of alkyl halides is 3. The Morgan fingerprint density at radius 3 is 2.83 bits per heavy atom. The average molecular weight is 278 g/mol. The van der Waals surface area contributed by atoms with Gasteiger partial charge in [0.05, 0.1) is 0 Å². The van der Waals surface area contributed by atoms with E-state index in [1.807, 2.05) is 6.92 Å². The van der Waals surface area contributed by atoms with Crippen molar-refractivity contribution in [3.63, 3.8) is 0 Å². The molecule has 3 nitrogen and oxygen atoms in total. The number of ether oxygens (including phenoxy) is 1. The van der Waals surface area contributed by atoms with Gasteiger partial charge in [-0.25, -0.2) is 0 Å². The number of halogens is 3.